The van der Waals surface area contributed by atoms with E-state index in [-0.39, 0.29) is 18.0 Å². The van der Waals surface area contributed by atoms with Crippen LogP contribution in [0.5, 0.6) is 0 Å². The number of carbonyl (C=O) groups is 2. The van der Waals surface area contributed by atoms with E-state index in [1.807, 2.05) is 25.1 Å². The largest absolute Gasteiger partial charge is 0.344 e. The molecule has 0 aromatic heterocycles. The summed E-state index contributed by atoms with van der Waals surface area (Å²) in [6.07, 6.45) is 2.33. The van der Waals surface area contributed by atoms with Crippen molar-refractivity contribution in [1.29, 1.82) is 0 Å². The SMILES string of the molecule is CC(=O)Nc1ccc2c(c1)C=NN(C(=O)N(C)c1ccc(Cl)cc1)C(C)C2. The second kappa shape index (κ2) is 7.80. The third kappa shape index (κ3) is 4.28. The number of rotatable bonds is 2. The van der Waals surface area contributed by atoms with Gasteiger partial charge < -0.3 is 5.32 Å². The Labute approximate surface area is 163 Å². The van der Waals surface area contributed by atoms with Crippen LogP contribution in [0.3, 0.4) is 0 Å². The minimum absolute atomic E-state index is 0.114. The minimum atomic E-state index is -0.226. The van der Waals surface area contributed by atoms with Gasteiger partial charge in [-0.15, -0.1) is 0 Å². The first-order valence-electron chi connectivity index (χ1n) is 8.62. The number of benzene rings is 2. The van der Waals surface area contributed by atoms with Crippen LogP contribution in [-0.2, 0) is 11.2 Å². The molecule has 7 heteroatoms. The molecule has 0 fully saturated rings. The highest BCUT2D eigenvalue weighted by atomic mass is 35.5. The number of fused-ring (bicyclic) bond motifs is 1. The third-order valence-electron chi connectivity index (χ3n) is 4.42. The number of carbonyl (C=O) groups excluding carboxylic acids is 2. The molecule has 6 nitrogen and oxygen atoms in total. The van der Waals surface area contributed by atoms with E-state index in [1.165, 1.54) is 11.9 Å². The number of nitrogens with one attached hydrogen (secondary N) is 1. The van der Waals surface area contributed by atoms with Crippen molar-refractivity contribution in [2.45, 2.75) is 26.3 Å². The normalized spacial score (nSPS) is 15.7. The lowest BCUT2D eigenvalue weighted by atomic mass is 10.0. The van der Waals surface area contributed by atoms with Crippen LogP contribution in [-0.4, -0.2) is 36.3 Å². The molecule has 1 unspecified atom stereocenters. The zero-order valence-electron chi connectivity index (χ0n) is 15.4. The number of amides is 3. The van der Waals surface area contributed by atoms with E-state index in [9.17, 15) is 9.59 Å². The van der Waals surface area contributed by atoms with Crippen molar-refractivity contribution < 1.29 is 9.59 Å². The van der Waals surface area contributed by atoms with Crippen LogP contribution in [0.2, 0.25) is 5.02 Å². The van der Waals surface area contributed by atoms with Crippen LogP contribution in [0.25, 0.3) is 0 Å². The number of hydrogen-bond donors (Lipinski definition) is 1. The molecule has 1 heterocycles. The number of halogens is 1. The van der Waals surface area contributed by atoms with Crippen molar-refractivity contribution in [2.24, 2.45) is 5.10 Å². The summed E-state index contributed by atoms with van der Waals surface area (Å²) in [6.45, 7) is 3.43. The van der Waals surface area contributed by atoms with E-state index < -0.39 is 0 Å². The van der Waals surface area contributed by atoms with Crippen molar-refractivity contribution in [3.8, 4) is 0 Å². The van der Waals surface area contributed by atoms with Crippen molar-refractivity contribution in [1.82, 2.24) is 5.01 Å². The van der Waals surface area contributed by atoms with E-state index in [1.54, 1.807) is 42.4 Å². The predicted molar refractivity (Wildman–Crippen MR) is 109 cm³/mol. The first-order chi connectivity index (χ1) is 12.8. The summed E-state index contributed by atoms with van der Waals surface area (Å²) in [4.78, 5) is 25.8. The molecule has 3 amide bonds. The Hall–Kier alpha value is -2.86. The molecule has 0 bridgehead atoms. The van der Waals surface area contributed by atoms with E-state index in [4.69, 9.17) is 11.6 Å². The Balaban J connectivity index is 1.83. The van der Waals surface area contributed by atoms with Gasteiger partial charge in [-0.2, -0.15) is 5.10 Å². The predicted octanol–water partition coefficient (Wildman–Crippen LogP) is 4.14. The molecule has 27 heavy (non-hydrogen) atoms. The van der Waals surface area contributed by atoms with Gasteiger partial charge in [0, 0.05) is 30.4 Å². The summed E-state index contributed by atoms with van der Waals surface area (Å²) in [5.41, 5.74) is 3.40. The smallest absolute Gasteiger partial charge is 0.326 e. The lowest BCUT2D eigenvalue weighted by molar-refractivity contribution is -0.114. The number of urea groups is 1. The Morgan fingerprint density at radius 3 is 2.59 bits per heavy atom. The van der Waals surface area contributed by atoms with E-state index in [0.29, 0.717) is 17.1 Å². The fraction of sp³-hybridized carbons (Fsp3) is 0.250. The van der Waals surface area contributed by atoms with Gasteiger partial charge in [0.2, 0.25) is 5.91 Å². The molecular formula is C20H21ClN4O2. The average molecular weight is 385 g/mol. The van der Waals surface area contributed by atoms with Gasteiger partial charge in [0.25, 0.3) is 0 Å². The Kier molecular flexibility index (Phi) is 5.46. The zero-order chi connectivity index (χ0) is 19.6. The van der Waals surface area contributed by atoms with Crippen LogP contribution < -0.4 is 10.2 Å². The third-order valence-corrected chi connectivity index (χ3v) is 4.67. The van der Waals surface area contributed by atoms with Crippen LogP contribution in [0, 0.1) is 0 Å². The molecule has 140 valence electrons. The lowest BCUT2D eigenvalue weighted by Crippen LogP contribution is -2.43. The highest BCUT2D eigenvalue weighted by Crippen LogP contribution is 2.23. The standard InChI is InChI=1S/C20H21ClN4O2/c1-13-10-15-4-7-18(23-14(2)26)11-16(15)12-22-25(13)20(27)24(3)19-8-5-17(21)6-9-19/h4-9,11-13H,10H2,1-3H3,(H,23,26). The van der Waals surface area contributed by atoms with Gasteiger partial charge in [0.15, 0.2) is 0 Å². The molecule has 0 spiro atoms. The molecule has 0 saturated heterocycles. The first kappa shape index (κ1) is 18.9. The topological polar surface area (TPSA) is 65.0 Å². The summed E-state index contributed by atoms with van der Waals surface area (Å²) in [6, 6.07) is 12.4. The number of hydrazone groups is 1. The average Bonchev–Trinajstić information content (AvgIpc) is 2.79. The highest BCUT2D eigenvalue weighted by molar-refractivity contribution is 6.30. The molecule has 2 aromatic carbocycles. The second-order valence-corrected chi connectivity index (χ2v) is 6.99. The van der Waals surface area contributed by atoms with E-state index >= 15 is 0 Å². The van der Waals surface area contributed by atoms with E-state index in [2.05, 4.69) is 10.4 Å². The molecule has 0 radical (unpaired) electrons. The molecule has 3 rings (SSSR count). The quantitative estimate of drug-likeness (QED) is 0.845. The molecular weight excluding hydrogens is 364 g/mol. The van der Waals surface area contributed by atoms with Crippen molar-refractivity contribution in [3.05, 3.63) is 58.6 Å². The zero-order valence-corrected chi connectivity index (χ0v) is 16.2. The summed E-state index contributed by atoms with van der Waals surface area (Å²) < 4.78 is 0. The Morgan fingerprint density at radius 1 is 1.22 bits per heavy atom. The van der Waals surface area contributed by atoms with Gasteiger partial charge in [-0.25, -0.2) is 9.80 Å². The van der Waals surface area contributed by atoms with Gasteiger partial charge >= 0.3 is 6.03 Å². The molecule has 1 aliphatic heterocycles. The monoisotopic (exact) mass is 384 g/mol. The van der Waals surface area contributed by atoms with Crippen molar-refractivity contribution >= 4 is 41.1 Å². The van der Waals surface area contributed by atoms with Crippen LogP contribution in [0.15, 0.2) is 47.6 Å². The van der Waals surface area contributed by atoms with Gasteiger partial charge in [0.05, 0.1) is 12.3 Å². The fourth-order valence-electron chi connectivity index (χ4n) is 2.99. The van der Waals surface area contributed by atoms with Crippen LogP contribution >= 0.6 is 11.6 Å². The van der Waals surface area contributed by atoms with Crippen molar-refractivity contribution in [3.63, 3.8) is 0 Å². The first-order valence-corrected chi connectivity index (χ1v) is 9.00. The highest BCUT2D eigenvalue weighted by Gasteiger charge is 2.26. The molecule has 0 saturated carbocycles. The Morgan fingerprint density at radius 2 is 1.93 bits per heavy atom. The summed E-state index contributed by atoms with van der Waals surface area (Å²) in [7, 11) is 1.71. The molecule has 2 aromatic rings. The van der Waals surface area contributed by atoms with Crippen molar-refractivity contribution in [2.75, 3.05) is 17.3 Å². The maximum Gasteiger partial charge on any atom is 0.344 e. The number of anilines is 2. The molecule has 0 aliphatic carbocycles. The minimum Gasteiger partial charge on any atom is -0.326 e. The second-order valence-electron chi connectivity index (χ2n) is 6.56. The molecule has 1 aliphatic rings. The van der Waals surface area contributed by atoms with Gasteiger partial charge in [-0.1, -0.05) is 17.7 Å². The van der Waals surface area contributed by atoms with Gasteiger partial charge in [-0.05, 0) is 60.9 Å². The van der Waals surface area contributed by atoms with E-state index in [0.717, 1.165) is 16.8 Å². The maximum absolute atomic E-state index is 13.0. The fourth-order valence-corrected chi connectivity index (χ4v) is 3.12. The maximum atomic E-state index is 13.0. The van der Waals surface area contributed by atoms with Crippen LogP contribution in [0.4, 0.5) is 16.2 Å². The lowest BCUT2D eigenvalue weighted by Gasteiger charge is -2.28. The summed E-state index contributed by atoms with van der Waals surface area (Å²) >= 11 is 5.92. The Bertz CT molecular complexity index is 895. The summed E-state index contributed by atoms with van der Waals surface area (Å²) in [5, 5.41) is 9.27. The number of nitrogens with zero attached hydrogens (tertiary/aromatic N) is 3. The van der Waals surface area contributed by atoms with Crippen LogP contribution in [0.1, 0.15) is 25.0 Å². The van der Waals surface area contributed by atoms with Gasteiger partial charge in [0.1, 0.15) is 0 Å². The number of hydrogen-bond acceptors (Lipinski definition) is 3. The molecule has 1 N–H and O–H groups in total. The van der Waals surface area contributed by atoms with Gasteiger partial charge in [-0.3, -0.25) is 9.69 Å². The molecule has 1 atom stereocenters. The summed E-state index contributed by atoms with van der Waals surface area (Å²) in [5.74, 6) is -0.129.